The molecule has 72 valence electrons. The molecular weight excluding hydrogens is 284 g/mol. The number of aromatic nitrogens is 1. The minimum Gasteiger partial charge on any atom is -0.383 e. The normalized spacial score (nSPS) is 10.4. The highest BCUT2D eigenvalue weighted by Crippen LogP contribution is 2.30. The molecule has 0 unspecified atom stereocenters. The van der Waals surface area contributed by atoms with Crippen molar-refractivity contribution in [2.24, 2.45) is 0 Å². The van der Waals surface area contributed by atoms with E-state index in [1.54, 1.807) is 0 Å². The van der Waals surface area contributed by atoms with Crippen molar-refractivity contribution >= 4 is 44.7 Å². The van der Waals surface area contributed by atoms with Crippen LogP contribution in [-0.4, -0.2) is 4.98 Å². The number of halogens is 2. The maximum absolute atomic E-state index is 5.88. The summed E-state index contributed by atoms with van der Waals surface area (Å²) in [7, 11) is 0. The van der Waals surface area contributed by atoms with Gasteiger partial charge in [0.2, 0.25) is 0 Å². The van der Waals surface area contributed by atoms with Crippen LogP contribution in [0.15, 0.2) is 28.1 Å². The van der Waals surface area contributed by atoms with E-state index >= 15 is 0 Å². The van der Waals surface area contributed by atoms with Gasteiger partial charge >= 0.3 is 0 Å². The summed E-state index contributed by atoms with van der Waals surface area (Å²) in [6.45, 7) is 0. The molecule has 2 nitrogen and oxygen atoms in total. The first kappa shape index (κ1) is 9.96. The minimum absolute atomic E-state index is 0.552. The van der Waals surface area contributed by atoms with E-state index in [1.165, 1.54) is 11.3 Å². The van der Waals surface area contributed by atoms with E-state index in [2.05, 4.69) is 20.9 Å². The Bertz CT molecular complexity index is 470. The summed E-state index contributed by atoms with van der Waals surface area (Å²) < 4.78 is 0.866. The van der Waals surface area contributed by atoms with Crippen molar-refractivity contribution in [3.8, 4) is 10.6 Å². The fraction of sp³-hybridized carbons (Fsp3) is 0. The Morgan fingerprint density at radius 3 is 2.79 bits per heavy atom. The lowest BCUT2D eigenvalue weighted by atomic mass is 10.2. The predicted molar refractivity (Wildman–Crippen MR) is 64.7 cm³/mol. The summed E-state index contributed by atoms with van der Waals surface area (Å²) in [5, 5.41) is 3.41. The van der Waals surface area contributed by atoms with Crippen molar-refractivity contribution in [1.29, 1.82) is 0 Å². The zero-order valence-corrected chi connectivity index (χ0v) is 10.2. The summed E-state index contributed by atoms with van der Waals surface area (Å²) in [5.74, 6) is 0.552. The van der Waals surface area contributed by atoms with Crippen molar-refractivity contribution < 1.29 is 0 Å². The first-order valence-electron chi connectivity index (χ1n) is 3.83. The fourth-order valence-electron chi connectivity index (χ4n) is 1.05. The minimum atomic E-state index is 0.552. The van der Waals surface area contributed by atoms with E-state index in [-0.39, 0.29) is 0 Å². The van der Waals surface area contributed by atoms with Gasteiger partial charge in [-0.05, 0) is 28.1 Å². The number of nitrogens with zero attached hydrogens (tertiary/aromatic N) is 1. The third kappa shape index (κ3) is 1.92. The largest absolute Gasteiger partial charge is 0.383 e. The highest BCUT2D eigenvalue weighted by Gasteiger charge is 2.04. The number of nitrogen functional groups attached to an aromatic ring is 1. The molecule has 0 bridgehead atoms. The SMILES string of the molecule is Nc1csc(-c2ccc(Cl)c(Br)c2)n1. The Morgan fingerprint density at radius 1 is 1.43 bits per heavy atom. The van der Waals surface area contributed by atoms with Gasteiger partial charge in [0, 0.05) is 15.4 Å². The maximum atomic E-state index is 5.88. The molecule has 1 aromatic carbocycles. The van der Waals surface area contributed by atoms with E-state index in [9.17, 15) is 0 Å². The number of anilines is 1. The molecule has 14 heavy (non-hydrogen) atoms. The standard InChI is InChI=1S/C9H6BrClN2S/c10-6-3-5(1-2-7(6)11)9-13-8(12)4-14-9/h1-4H,12H2. The van der Waals surface area contributed by atoms with Gasteiger partial charge in [-0.1, -0.05) is 17.7 Å². The van der Waals surface area contributed by atoms with Crippen LogP contribution in [0.1, 0.15) is 0 Å². The van der Waals surface area contributed by atoms with E-state index in [1.807, 2.05) is 23.6 Å². The fourth-order valence-corrected chi connectivity index (χ4v) is 2.25. The predicted octanol–water partition coefficient (Wildman–Crippen LogP) is 3.81. The number of hydrogen-bond donors (Lipinski definition) is 1. The van der Waals surface area contributed by atoms with Gasteiger partial charge in [-0.25, -0.2) is 4.98 Å². The third-order valence-electron chi connectivity index (χ3n) is 1.69. The second kappa shape index (κ2) is 3.88. The van der Waals surface area contributed by atoms with E-state index < -0.39 is 0 Å². The molecule has 0 saturated carbocycles. The van der Waals surface area contributed by atoms with Crippen LogP contribution in [0, 0.1) is 0 Å². The van der Waals surface area contributed by atoms with E-state index in [4.69, 9.17) is 17.3 Å². The van der Waals surface area contributed by atoms with Gasteiger partial charge in [-0.15, -0.1) is 11.3 Å². The number of thiazole rings is 1. The molecule has 1 aromatic heterocycles. The first-order valence-corrected chi connectivity index (χ1v) is 5.88. The van der Waals surface area contributed by atoms with Crippen LogP contribution in [0.4, 0.5) is 5.82 Å². The maximum Gasteiger partial charge on any atom is 0.135 e. The van der Waals surface area contributed by atoms with Gasteiger partial charge < -0.3 is 5.73 Å². The average Bonchev–Trinajstić information content (AvgIpc) is 2.57. The molecule has 0 aliphatic heterocycles. The molecule has 0 atom stereocenters. The van der Waals surface area contributed by atoms with Crippen molar-refractivity contribution in [2.45, 2.75) is 0 Å². The molecule has 0 saturated heterocycles. The average molecular weight is 290 g/mol. The number of nitrogens with two attached hydrogens (primary N) is 1. The van der Waals surface area contributed by atoms with Gasteiger partial charge in [0.25, 0.3) is 0 Å². The first-order chi connectivity index (χ1) is 6.66. The van der Waals surface area contributed by atoms with Gasteiger partial charge in [0.1, 0.15) is 10.8 Å². The van der Waals surface area contributed by atoms with E-state index in [0.717, 1.165) is 15.0 Å². The molecule has 2 rings (SSSR count). The van der Waals surface area contributed by atoms with Crippen LogP contribution in [-0.2, 0) is 0 Å². The quantitative estimate of drug-likeness (QED) is 0.867. The molecule has 1 heterocycles. The summed E-state index contributed by atoms with van der Waals surface area (Å²) in [4.78, 5) is 4.18. The topological polar surface area (TPSA) is 38.9 Å². The van der Waals surface area contributed by atoms with Gasteiger partial charge in [0.15, 0.2) is 0 Å². The van der Waals surface area contributed by atoms with Crippen molar-refractivity contribution in [3.63, 3.8) is 0 Å². The molecule has 2 aromatic rings. The summed E-state index contributed by atoms with van der Waals surface area (Å²) in [6.07, 6.45) is 0. The molecular formula is C9H6BrClN2S. The lowest BCUT2D eigenvalue weighted by Crippen LogP contribution is -1.83. The summed E-state index contributed by atoms with van der Waals surface area (Å²) in [5.41, 5.74) is 6.56. The number of benzene rings is 1. The van der Waals surface area contributed by atoms with Crippen LogP contribution in [0.3, 0.4) is 0 Å². The van der Waals surface area contributed by atoms with Crippen molar-refractivity contribution in [2.75, 3.05) is 5.73 Å². The van der Waals surface area contributed by atoms with Gasteiger partial charge in [-0.3, -0.25) is 0 Å². The van der Waals surface area contributed by atoms with Crippen LogP contribution in [0.25, 0.3) is 10.6 Å². The summed E-state index contributed by atoms with van der Waals surface area (Å²) in [6, 6.07) is 5.69. The second-order valence-corrected chi connectivity index (χ2v) is 4.83. The van der Waals surface area contributed by atoms with Crippen LogP contribution < -0.4 is 5.73 Å². The smallest absolute Gasteiger partial charge is 0.135 e. The van der Waals surface area contributed by atoms with Crippen molar-refractivity contribution in [1.82, 2.24) is 4.98 Å². The molecule has 0 aliphatic rings. The third-order valence-corrected chi connectivity index (χ3v) is 3.81. The zero-order valence-electron chi connectivity index (χ0n) is 7.00. The Balaban J connectivity index is 2.47. The Labute approximate surface area is 98.9 Å². The molecule has 5 heteroatoms. The highest BCUT2D eigenvalue weighted by atomic mass is 79.9. The van der Waals surface area contributed by atoms with Crippen LogP contribution in [0.5, 0.6) is 0 Å². The molecule has 0 aliphatic carbocycles. The lowest BCUT2D eigenvalue weighted by Gasteiger charge is -1.98. The molecule has 0 spiro atoms. The second-order valence-electron chi connectivity index (χ2n) is 2.71. The van der Waals surface area contributed by atoms with Gasteiger partial charge in [-0.2, -0.15) is 0 Å². The Kier molecular flexibility index (Phi) is 2.76. The number of hydrogen-bond acceptors (Lipinski definition) is 3. The van der Waals surface area contributed by atoms with Crippen LogP contribution in [0.2, 0.25) is 5.02 Å². The molecule has 0 fully saturated rings. The van der Waals surface area contributed by atoms with Crippen molar-refractivity contribution in [3.05, 3.63) is 33.1 Å². The van der Waals surface area contributed by atoms with Crippen LogP contribution >= 0.6 is 38.9 Å². The number of rotatable bonds is 1. The molecule has 0 radical (unpaired) electrons. The summed E-state index contributed by atoms with van der Waals surface area (Å²) >= 11 is 10.8. The Morgan fingerprint density at radius 2 is 2.21 bits per heavy atom. The monoisotopic (exact) mass is 288 g/mol. The molecule has 2 N–H and O–H groups in total. The highest BCUT2D eigenvalue weighted by molar-refractivity contribution is 9.10. The Hall–Kier alpha value is -0.580. The van der Waals surface area contributed by atoms with E-state index in [0.29, 0.717) is 10.8 Å². The van der Waals surface area contributed by atoms with Gasteiger partial charge in [0.05, 0.1) is 5.02 Å². The zero-order chi connectivity index (χ0) is 10.1. The lowest BCUT2D eigenvalue weighted by molar-refractivity contribution is 1.41. The molecule has 0 amide bonds.